The zero-order chi connectivity index (χ0) is 18.5. The van der Waals surface area contributed by atoms with Crippen LogP contribution >= 0.6 is 0 Å². The number of isocyanates is 1. The number of amides is 1. The van der Waals surface area contributed by atoms with Crippen LogP contribution in [0.5, 0.6) is 11.5 Å². The number of hydrogen-bond acceptors (Lipinski definition) is 7. The molecular weight excluding hydrogens is 328 g/mol. The number of aliphatic imine (C=N–C) groups is 1. The van der Waals surface area contributed by atoms with Gasteiger partial charge in [-0.15, -0.1) is 0 Å². The van der Waals surface area contributed by atoms with E-state index in [1.54, 1.807) is 31.2 Å². The molecule has 1 atom stereocenters. The van der Waals surface area contributed by atoms with Crippen molar-refractivity contribution < 1.29 is 28.6 Å². The standard InChI is InChI=1S/C17H22N2O6/c1-3-24-16(21)13(8-6-7-11-18-12-20)19-17(22)25-15-10-5-4-9-14(15)23-2/h4-5,9-10,13H,3,6-8,11H2,1-2H3,(H,19,22). The quantitative estimate of drug-likeness (QED) is 0.300. The Morgan fingerprint density at radius 2 is 1.96 bits per heavy atom. The van der Waals surface area contributed by atoms with Crippen molar-refractivity contribution in [2.45, 2.75) is 32.2 Å². The summed E-state index contributed by atoms with van der Waals surface area (Å²) < 4.78 is 15.2. The van der Waals surface area contributed by atoms with Gasteiger partial charge in [-0.25, -0.2) is 19.4 Å². The fraction of sp³-hybridized carbons (Fsp3) is 0.471. The predicted octanol–water partition coefficient (Wildman–Crippen LogP) is 2.22. The van der Waals surface area contributed by atoms with E-state index in [0.717, 1.165) is 0 Å². The number of methoxy groups -OCH3 is 1. The summed E-state index contributed by atoms with van der Waals surface area (Å²) >= 11 is 0. The zero-order valence-corrected chi connectivity index (χ0v) is 14.3. The average Bonchev–Trinajstić information content (AvgIpc) is 2.61. The Morgan fingerprint density at radius 1 is 1.24 bits per heavy atom. The molecule has 0 aliphatic rings. The number of benzene rings is 1. The molecule has 1 amide bonds. The maximum Gasteiger partial charge on any atom is 0.413 e. The van der Waals surface area contributed by atoms with Crippen molar-refractivity contribution >= 4 is 18.1 Å². The number of hydrogen-bond donors (Lipinski definition) is 1. The first-order valence-corrected chi connectivity index (χ1v) is 7.94. The summed E-state index contributed by atoms with van der Waals surface area (Å²) in [6.07, 6.45) is 2.17. The van der Waals surface area contributed by atoms with E-state index in [4.69, 9.17) is 14.2 Å². The number of carbonyl (C=O) groups excluding carboxylic acids is 3. The summed E-state index contributed by atoms with van der Waals surface area (Å²) in [5, 5.41) is 2.49. The van der Waals surface area contributed by atoms with Crippen LogP contribution in [0.2, 0.25) is 0 Å². The number of carbonyl (C=O) groups is 2. The van der Waals surface area contributed by atoms with Crippen molar-refractivity contribution in [1.82, 2.24) is 5.32 Å². The highest BCUT2D eigenvalue weighted by Crippen LogP contribution is 2.25. The van der Waals surface area contributed by atoms with E-state index in [0.29, 0.717) is 31.6 Å². The Kier molecular flexibility index (Phi) is 9.40. The second-order valence-electron chi connectivity index (χ2n) is 4.96. The van der Waals surface area contributed by atoms with Crippen LogP contribution in [0, 0.1) is 0 Å². The lowest BCUT2D eigenvalue weighted by molar-refractivity contribution is -0.145. The predicted molar refractivity (Wildman–Crippen MR) is 89.4 cm³/mol. The Morgan fingerprint density at radius 3 is 2.60 bits per heavy atom. The van der Waals surface area contributed by atoms with Gasteiger partial charge in [0.1, 0.15) is 6.04 Å². The first-order valence-electron chi connectivity index (χ1n) is 7.94. The third-order valence-corrected chi connectivity index (χ3v) is 3.21. The second-order valence-corrected chi connectivity index (χ2v) is 4.96. The van der Waals surface area contributed by atoms with E-state index < -0.39 is 18.1 Å². The molecule has 1 N–H and O–H groups in total. The van der Waals surface area contributed by atoms with Gasteiger partial charge in [-0.3, -0.25) is 0 Å². The van der Waals surface area contributed by atoms with E-state index >= 15 is 0 Å². The number of ether oxygens (including phenoxy) is 3. The normalized spacial score (nSPS) is 11.0. The Labute approximate surface area is 146 Å². The van der Waals surface area contributed by atoms with E-state index in [-0.39, 0.29) is 12.4 Å². The fourth-order valence-corrected chi connectivity index (χ4v) is 2.05. The first kappa shape index (κ1) is 20.2. The molecule has 1 rings (SSSR count). The molecule has 0 fully saturated rings. The van der Waals surface area contributed by atoms with Crippen LogP contribution < -0.4 is 14.8 Å². The highest BCUT2D eigenvalue weighted by atomic mass is 16.6. The summed E-state index contributed by atoms with van der Waals surface area (Å²) in [6.45, 7) is 2.21. The van der Waals surface area contributed by atoms with Crippen LogP contribution in [0.25, 0.3) is 0 Å². The molecule has 0 saturated carbocycles. The molecule has 0 spiro atoms. The van der Waals surface area contributed by atoms with E-state index in [2.05, 4.69) is 10.3 Å². The third kappa shape index (κ3) is 7.50. The van der Waals surface area contributed by atoms with Gasteiger partial charge < -0.3 is 19.5 Å². The summed E-state index contributed by atoms with van der Waals surface area (Å²) in [4.78, 5) is 37.5. The van der Waals surface area contributed by atoms with Gasteiger partial charge in [0.15, 0.2) is 11.5 Å². The highest BCUT2D eigenvalue weighted by molar-refractivity contribution is 5.82. The number of para-hydroxylation sites is 2. The minimum Gasteiger partial charge on any atom is -0.493 e. The molecule has 25 heavy (non-hydrogen) atoms. The Bertz CT molecular complexity index is 613. The third-order valence-electron chi connectivity index (χ3n) is 3.21. The topological polar surface area (TPSA) is 103 Å². The van der Waals surface area contributed by atoms with Crippen molar-refractivity contribution in [2.75, 3.05) is 20.3 Å². The number of rotatable bonds is 10. The number of unbranched alkanes of at least 4 members (excludes halogenated alkanes) is 1. The molecule has 0 aliphatic carbocycles. The lowest BCUT2D eigenvalue weighted by Gasteiger charge is -2.17. The number of nitrogens with one attached hydrogen (secondary N) is 1. The van der Waals surface area contributed by atoms with E-state index in [1.165, 1.54) is 13.2 Å². The summed E-state index contributed by atoms with van der Waals surface area (Å²) in [6, 6.07) is 5.82. The molecule has 0 heterocycles. The van der Waals surface area contributed by atoms with Gasteiger partial charge >= 0.3 is 12.1 Å². The maximum atomic E-state index is 12.1. The van der Waals surface area contributed by atoms with Crippen LogP contribution in [-0.2, 0) is 14.3 Å². The second kappa shape index (κ2) is 11.6. The molecule has 0 saturated heterocycles. The minimum atomic E-state index is -0.845. The summed E-state index contributed by atoms with van der Waals surface area (Å²) in [5.74, 6) is 0.0980. The molecule has 0 radical (unpaired) electrons. The van der Waals surface area contributed by atoms with Gasteiger partial charge in [0, 0.05) is 0 Å². The molecule has 0 aliphatic heterocycles. The van der Waals surface area contributed by atoms with Crippen molar-refractivity contribution in [3.63, 3.8) is 0 Å². The van der Waals surface area contributed by atoms with Crippen molar-refractivity contribution in [3.05, 3.63) is 24.3 Å². The molecule has 136 valence electrons. The fourth-order valence-electron chi connectivity index (χ4n) is 2.05. The van der Waals surface area contributed by atoms with Gasteiger partial charge in [-0.2, -0.15) is 0 Å². The van der Waals surface area contributed by atoms with Gasteiger partial charge in [-0.05, 0) is 38.3 Å². The van der Waals surface area contributed by atoms with Gasteiger partial charge in [-0.1, -0.05) is 12.1 Å². The van der Waals surface area contributed by atoms with Crippen molar-refractivity contribution in [2.24, 2.45) is 4.99 Å². The van der Waals surface area contributed by atoms with Gasteiger partial charge in [0.2, 0.25) is 6.08 Å². The van der Waals surface area contributed by atoms with Crippen LogP contribution in [0.3, 0.4) is 0 Å². The summed E-state index contributed by atoms with van der Waals surface area (Å²) in [7, 11) is 1.46. The molecule has 1 aromatic rings. The molecular formula is C17H22N2O6. The highest BCUT2D eigenvalue weighted by Gasteiger charge is 2.23. The van der Waals surface area contributed by atoms with Crippen LogP contribution in [0.1, 0.15) is 26.2 Å². The number of nitrogens with zero attached hydrogens (tertiary/aromatic N) is 1. The lowest BCUT2D eigenvalue weighted by atomic mass is 10.1. The van der Waals surface area contributed by atoms with Crippen LogP contribution in [-0.4, -0.2) is 44.4 Å². The molecule has 8 nitrogen and oxygen atoms in total. The largest absolute Gasteiger partial charge is 0.493 e. The molecule has 0 bridgehead atoms. The Hall–Kier alpha value is -2.86. The SMILES string of the molecule is CCOC(=O)C(CCCCN=C=O)NC(=O)Oc1ccccc1OC. The molecule has 0 aromatic heterocycles. The molecule has 8 heteroatoms. The van der Waals surface area contributed by atoms with Crippen molar-refractivity contribution in [3.8, 4) is 11.5 Å². The molecule has 1 unspecified atom stereocenters. The first-order chi connectivity index (χ1) is 12.1. The molecule has 1 aromatic carbocycles. The van der Waals surface area contributed by atoms with Crippen LogP contribution in [0.15, 0.2) is 29.3 Å². The minimum absolute atomic E-state index is 0.202. The van der Waals surface area contributed by atoms with Gasteiger partial charge in [0.25, 0.3) is 0 Å². The number of esters is 1. The zero-order valence-electron chi connectivity index (χ0n) is 14.3. The lowest BCUT2D eigenvalue weighted by Crippen LogP contribution is -2.43. The monoisotopic (exact) mass is 350 g/mol. The van der Waals surface area contributed by atoms with Crippen molar-refractivity contribution in [1.29, 1.82) is 0 Å². The van der Waals surface area contributed by atoms with E-state index in [1.807, 2.05) is 0 Å². The maximum absolute atomic E-state index is 12.1. The smallest absolute Gasteiger partial charge is 0.413 e. The Balaban J connectivity index is 2.63. The van der Waals surface area contributed by atoms with E-state index in [9.17, 15) is 14.4 Å². The average molecular weight is 350 g/mol. The van der Waals surface area contributed by atoms with Crippen LogP contribution in [0.4, 0.5) is 4.79 Å². The van der Waals surface area contributed by atoms with Gasteiger partial charge in [0.05, 0.1) is 20.3 Å². The summed E-state index contributed by atoms with van der Waals surface area (Å²) in [5.41, 5.74) is 0.